The lowest BCUT2D eigenvalue weighted by Gasteiger charge is -2.31. The fourth-order valence-electron chi connectivity index (χ4n) is 2.68. The quantitative estimate of drug-likeness (QED) is 0.935. The van der Waals surface area contributed by atoms with Crippen molar-refractivity contribution in [2.45, 2.75) is 25.9 Å². The molecule has 0 spiro atoms. The molecule has 1 N–H and O–H groups in total. The summed E-state index contributed by atoms with van der Waals surface area (Å²) in [7, 11) is 0. The lowest BCUT2D eigenvalue weighted by atomic mass is 10.1. The van der Waals surface area contributed by atoms with Crippen LogP contribution in [0.3, 0.4) is 0 Å². The van der Waals surface area contributed by atoms with E-state index in [1.807, 2.05) is 6.07 Å². The van der Waals surface area contributed by atoms with E-state index in [-0.39, 0.29) is 17.8 Å². The normalized spacial score (nSPS) is 15.6. The Labute approximate surface area is 133 Å². The third kappa shape index (κ3) is 3.44. The van der Waals surface area contributed by atoms with E-state index in [1.54, 1.807) is 24.0 Å². The second-order valence-corrected chi connectivity index (χ2v) is 5.41. The Morgan fingerprint density at radius 1 is 1.39 bits per heavy atom. The maximum Gasteiger partial charge on any atom is 0.409 e. The number of ether oxygens (including phenoxy) is 2. The van der Waals surface area contributed by atoms with Crippen molar-refractivity contribution in [1.82, 2.24) is 14.9 Å². The molecule has 7 nitrogen and oxygen atoms in total. The molecule has 0 atom stereocenters. The SMILES string of the molecule is CCOC(=O)N1CCC(Oc2ccc3nc[nH]c(=O)c3c2)CC1. The molecule has 7 heteroatoms. The van der Waals surface area contributed by atoms with Gasteiger partial charge in [0.15, 0.2) is 0 Å². The molecule has 2 heterocycles. The second-order valence-electron chi connectivity index (χ2n) is 5.41. The molecule has 2 aromatic rings. The summed E-state index contributed by atoms with van der Waals surface area (Å²) < 4.78 is 10.9. The number of H-pyrrole nitrogens is 1. The molecule has 1 fully saturated rings. The molecular weight excluding hydrogens is 298 g/mol. The highest BCUT2D eigenvalue weighted by Crippen LogP contribution is 2.21. The van der Waals surface area contributed by atoms with Gasteiger partial charge in [-0.2, -0.15) is 0 Å². The number of nitrogens with zero attached hydrogens (tertiary/aromatic N) is 2. The highest BCUT2D eigenvalue weighted by Gasteiger charge is 2.24. The molecule has 23 heavy (non-hydrogen) atoms. The summed E-state index contributed by atoms with van der Waals surface area (Å²) in [5.41, 5.74) is 0.454. The highest BCUT2D eigenvalue weighted by atomic mass is 16.6. The molecule has 0 aliphatic carbocycles. The molecule has 1 aromatic carbocycles. The van der Waals surface area contributed by atoms with Crippen LogP contribution in [0.5, 0.6) is 5.75 Å². The summed E-state index contributed by atoms with van der Waals surface area (Å²) in [5, 5.41) is 0.508. The van der Waals surface area contributed by atoms with Gasteiger partial charge in [-0.3, -0.25) is 4.79 Å². The van der Waals surface area contributed by atoms with Crippen molar-refractivity contribution in [3.63, 3.8) is 0 Å². The average Bonchev–Trinajstić information content (AvgIpc) is 2.56. The molecule has 1 aliphatic rings. The number of aromatic amines is 1. The summed E-state index contributed by atoms with van der Waals surface area (Å²) in [4.78, 5) is 31.8. The van der Waals surface area contributed by atoms with Crippen LogP contribution in [0, 0.1) is 0 Å². The van der Waals surface area contributed by atoms with Gasteiger partial charge in [0.05, 0.1) is 23.8 Å². The predicted molar refractivity (Wildman–Crippen MR) is 84.6 cm³/mol. The van der Waals surface area contributed by atoms with Gasteiger partial charge in [-0.05, 0) is 25.1 Å². The Hall–Kier alpha value is -2.57. The summed E-state index contributed by atoms with van der Waals surface area (Å²) >= 11 is 0. The number of nitrogens with one attached hydrogen (secondary N) is 1. The van der Waals surface area contributed by atoms with Crippen molar-refractivity contribution in [2.24, 2.45) is 0 Å². The van der Waals surface area contributed by atoms with Gasteiger partial charge < -0.3 is 19.4 Å². The fourth-order valence-corrected chi connectivity index (χ4v) is 2.68. The van der Waals surface area contributed by atoms with E-state index >= 15 is 0 Å². The van der Waals surface area contributed by atoms with Crippen LogP contribution < -0.4 is 10.3 Å². The van der Waals surface area contributed by atoms with Crippen LogP contribution >= 0.6 is 0 Å². The minimum Gasteiger partial charge on any atom is -0.490 e. The molecule has 1 aliphatic heterocycles. The number of hydrogen-bond donors (Lipinski definition) is 1. The van der Waals surface area contributed by atoms with Crippen LogP contribution in [0.25, 0.3) is 10.9 Å². The third-order valence-corrected chi connectivity index (χ3v) is 3.88. The smallest absolute Gasteiger partial charge is 0.409 e. The summed E-state index contributed by atoms with van der Waals surface area (Å²) in [6.45, 7) is 3.40. The lowest BCUT2D eigenvalue weighted by Crippen LogP contribution is -2.42. The Balaban J connectivity index is 1.64. The molecule has 0 saturated carbocycles. The van der Waals surface area contributed by atoms with Crippen LogP contribution in [0.2, 0.25) is 0 Å². The van der Waals surface area contributed by atoms with Crippen LogP contribution in [0.1, 0.15) is 19.8 Å². The van der Waals surface area contributed by atoms with Gasteiger partial charge in [-0.1, -0.05) is 0 Å². The molecule has 0 unspecified atom stereocenters. The molecule has 1 amide bonds. The summed E-state index contributed by atoms with van der Waals surface area (Å²) in [5.74, 6) is 0.644. The first-order chi connectivity index (χ1) is 11.2. The van der Waals surface area contributed by atoms with Crippen LogP contribution in [-0.4, -0.2) is 46.8 Å². The topological polar surface area (TPSA) is 84.5 Å². The lowest BCUT2D eigenvalue weighted by molar-refractivity contribution is 0.0704. The number of piperidine rings is 1. The van der Waals surface area contributed by atoms with Gasteiger partial charge in [0.25, 0.3) is 5.56 Å². The third-order valence-electron chi connectivity index (χ3n) is 3.88. The second kappa shape index (κ2) is 6.68. The molecule has 3 rings (SSSR count). The average molecular weight is 317 g/mol. The molecule has 1 aromatic heterocycles. The Bertz CT molecular complexity index is 750. The minimum atomic E-state index is -0.269. The number of rotatable bonds is 3. The molecule has 1 saturated heterocycles. The first-order valence-electron chi connectivity index (χ1n) is 7.73. The number of aromatic nitrogens is 2. The fraction of sp³-hybridized carbons (Fsp3) is 0.438. The number of hydrogen-bond acceptors (Lipinski definition) is 5. The number of fused-ring (bicyclic) bond motifs is 1. The zero-order valence-corrected chi connectivity index (χ0v) is 12.9. The Kier molecular flexibility index (Phi) is 4.45. The van der Waals surface area contributed by atoms with Gasteiger partial charge in [0.2, 0.25) is 0 Å². The van der Waals surface area contributed by atoms with Crippen molar-refractivity contribution in [1.29, 1.82) is 0 Å². The summed E-state index contributed by atoms with van der Waals surface area (Å²) in [6, 6.07) is 5.29. The predicted octanol–water partition coefficient (Wildman–Crippen LogP) is 1.92. The minimum absolute atomic E-state index is 0.0221. The first-order valence-corrected chi connectivity index (χ1v) is 7.73. The number of carbonyl (C=O) groups is 1. The van der Waals surface area contributed by atoms with Gasteiger partial charge in [0.1, 0.15) is 11.9 Å². The van der Waals surface area contributed by atoms with Crippen LogP contribution in [0.4, 0.5) is 4.79 Å². The zero-order valence-electron chi connectivity index (χ0n) is 12.9. The molecule has 0 bridgehead atoms. The number of carbonyl (C=O) groups excluding carboxylic acids is 1. The van der Waals surface area contributed by atoms with E-state index < -0.39 is 0 Å². The van der Waals surface area contributed by atoms with Gasteiger partial charge in [-0.25, -0.2) is 9.78 Å². The zero-order chi connectivity index (χ0) is 16.2. The monoisotopic (exact) mass is 317 g/mol. The maximum atomic E-state index is 11.8. The number of likely N-dealkylation sites (tertiary alicyclic amines) is 1. The van der Waals surface area contributed by atoms with E-state index in [9.17, 15) is 9.59 Å². The Morgan fingerprint density at radius 3 is 2.91 bits per heavy atom. The van der Waals surface area contributed by atoms with Crippen molar-refractivity contribution in [3.8, 4) is 5.75 Å². The van der Waals surface area contributed by atoms with Crippen LogP contribution in [0.15, 0.2) is 29.3 Å². The van der Waals surface area contributed by atoms with E-state index in [1.165, 1.54) is 6.33 Å². The van der Waals surface area contributed by atoms with Crippen molar-refractivity contribution in [3.05, 3.63) is 34.9 Å². The number of amides is 1. The van der Waals surface area contributed by atoms with Crippen LogP contribution in [-0.2, 0) is 4.74 Å². The molecule has 122 valence electrons. The van der Waals surface area contributed by atoms with E-state index in [0.717, 1.165) is 12.8 Å². The number of benzene rings is 1. The molecular formula is C16H19N3O4. The van der Waals surface area contributed by atoms with E-state index in [0.29, 0.717) is 36.3 Å². The van der Waals surface area contributed by atoms with Gasteiger partial charge in [-0.15, -0.1) is 0 Å². The van der Waals surface area contributed by atoms with E-state index in [4.69, 9.17) is 9.47 Å². The standard InChI is InChI=1S/C16H19N3O4/c1-2-22-16(21)19-7-5-11(6-8-19)23-12-3-4-14-13(9-12)15(20)18-10-17-14/h3-4,9-11H,2,5-8H2,1H3,(H,17,18,20). The van der Waals surface area contributed by atoms with Gasteiger partial charge in [0, 0.05) is 25.9 Å². The van der Waals surface area contributed by atoms with Crippen molar-refractivity contribution < 1.29 is 14.3 Å². The van der Waals surface area contributed by atoms with Crippen molar-refractivity contribution in [2.75, 3.05) is 19.7 Å². The van der Waals surface area contributed by atoms with Gasteiger partial charge >= 0.3 is 6.09 Å². The maximum absolute atomic E-state index is 11.8. The van der Waals surface area contributed by atoms with Crippen molar-refractivity contribution >= 4 is 17.0 Å². The Morgan fingerprint density at radius 2 is 2.17 bits per heavy atom. The largest absolute Gasteiger partial charge is 0.490 e. The molecule has 0 radical (unpaired) electrons. The van der Waals surface area contributed by atoms with E-state index in [2.05, 4.69) is 9.97 Å². The first kappa shape index (κ1) is 15.3. The highest BCUT2D eigenvalue weighted by molar-refractivity contribution is 5.78. The summed E-state index contributed by atoms with van der Waals surface area (Å²) in [6.07, 6.45) is 2.61.